The van der Waals surface area contributed by atoms with Crippen LogP contribution < -0.4 is 5.32 Å². The fraction of sp³-hybridized carbons (Fsp3) is 0.542. The van der Waals surface area contributed by atoms with Crippen LogP contribution in [0.3, 0.4) is 0 Å². The first kappa shape index (κ1) is 24.6. The Morgan fingerprint density at radius 2 is 1.92 bits per heavy atom. The summed E-state index contributed by atoms with van der Waals surface area (Å²) >= 11 is 0. The van der Waals surface area contributed by atoms with Crippen LogP contribution in [0.15, 0.2) is 38.5 Å². The third-order valence-corrected chi connectivity index (χ3v) is 9.25. The molecular formula is C24H30N6O5S. The van der Waals surface area contributed by atoms with Gasteiger partial charge in [0, 0.05) is 43.0 Å². The molecule has 0 unspecified atom stereocenters. The van der Waals surface area contributed by atoms with Crippen LogP contribution in [0.1, 0.15) is 61.8 Å². The maximum atomic E-state index is 14.0. The minimum absolute atomic E-state index is 0.0802. The minimum Gasteiger partial charge on any atom is -0.360 e. The van der Waals surface area contributed by atoms with E-state index in [4.69, 9.17) is 9.05 Å². The molecule has 2 fully saturated rings. The molecular weight excluding hydrogens is 484 g/mol. The summed E-state index contributed by atoms with van der Waals surface area (Å²) in [6, 6.07) is 3.07. The van der Waals surface area contributed by atoms with Crippen LogP contribution in [0.2, 0.25) is 0 Å². The van der Waals surface area contributed by atoms with E-state index in [0.717, 1.165) is 24.8 Å². The van der Waals surface area contributed by atoms with Gasteiger partial charge >= 0.3 is 0 Å². The number of nitrogens with one attached hydrogen (secondary N) is 1. The van der Waals surface area contributed by atoms with Gasteiger partial charge in [0.1, 0.15) is 10.6 Å². The number of sulfonamides is 1. The summed E-state index contributed by atoms with van der Waals surface area (Å²) in [5.41, 5.74) is 1.04. The van der Waals surface area contributed by atoms with E-state index in [9.17, 15) is 13.2 Å². The van der Waals surface area contributed by atoms with Gasteiger partial charge in [0.15, 0.2) is 5.76 Å². The number of aromatic nitrogens is 4. The van der Waals surface area contributed by atoms with Crippen molar-refractivity contribution in [3.8, 4) is 11.4 Å². The molecule has 1 N–H and O–H groups in total. The Morgan fingerprint density at radius 3 is 2.67 bits per heavy atom. The summed E-state index contributed by atoms with van der Waals surface area (Å²) in [5.74, 6) is 0.116. The summed E-state index contributed by atoms with van der Waals surface area (Å²) in [4.78, 5) is 22.0. The van der Waals surface area contributed by atoms with Gasteiger partial charge in [0.05, 0.1) is 5.92 Å². The van der Waals surface area contributed by atoms with E-state index in [1.807, 2.05) is 6.07 Å². The summed E-state index contributed by atoms with van der Waals surface area (Å²) in [5, 5.41) is 11.0. The third-order valence-electron chi connectivity index (χ3n) is 7.09. The Morgan fingerprint density at radius 1 is 1.08 bits per heavy atom. The van der Waals surface area contributed by atoms with Crippen molar-refractivity contribution < 1.29 is 22.3 Å². The lowest BCUT2D eigenvalue weighted by molar-refractivity contribution is -0.125. The van der Waals surface area contributed by atoms with Crippen molar-refractivity contribution in [3.63, 3.8) is 0 Å². The molecule has 4 heterocycles. The number of rotatable bonds is 4. The standard InChI is InChI=1S/C24H30N6O5S/c1-15-21(16(2)34-28-15)36(32,33)30-11-6-4-3-5-10-26-23(31)19-12-18(13-20(19)30)24-27-22(29-35-24)17-8-7-9-25-14-17/h7-9,14,18-20H,3-6,10-13H2,1-2H3,(H,26,31)/t18-,19-,20+/m1/s1. The fourth-order valence-electron chi connectivity index (χ4n) is 5.34. The highest BCUT2D eigenvalue weighted by Crippen LogP contribution is 2.43. The molecule has 36 heavy (non-hydrogen) atoms. The second kappa shape index (κ2) is 10.1. The minimum atomic E-state index is -3.96. The largest absolute Gasteiger partial charge is 0.360 e. The molecule has 1 amide bonds. The van der Waals surface area contributed by atoms with E-state index in [0.29, 0.717) is 49.8 Å². The van der Waals surface area contributed by atoms with Gasteiger partial charge in [-0.15, -0.1) is 0 Å². The molecule has 3 aromatic heterocycles. The van der Waals surface area contributed by atoms with E-state index >= 15 is 0 Å². The molecule has 2 aliphatic rings. The van der Waals surface area contributed by atoms with Crippen LogP contribution in [0.4, 0.5) is 0 Å². The second-order valence-corrected chi connectivity index (χ2v) is 11.3. The number of hydrogen-bond donors (Lipinski definition) is 1. The maximum absolute atomic E-state index is 14.0. The number of amides is 1. The van der Waals surface area contributed by atoms with Gasteiger partial charge in [-0.05, 0) is 51.7 Å². The molecule has 0 spiro atoms. The summed E-state index contributed by atoms with van der Waals surface area (Å²) in [7, 11) is -3.96. The van der Waals surface area contributed by atoms with Crippen molar-refractivity contribution in [2.24, 2.45) is 5.92 Å². The van der Waals surface area contributed by atoms with Crippen molar-refractivity contribution in [3.05, 3.63) is 41.9 Å². The zero-order chi connectivity index (χ0) is 25.3. The lowest BCUT2D eigenvalue weighted by atomic mass is 10.0. The number of fused-ring (bicyclic) bond motifs is 1. The number of aryl methyl sites for hydroxylation is 2. The molecule has 1 saturated carbocycles. The van der Waals surface area contributed by atoms with E-state index in [1.165, 1.54) is 4.31 Å². The topological polar surface area (TPSA) is 144 Å². The number of carbonyl (C=O) groups is 1. The van der Waals surface area contributed by atoms with Crippen LogP contribution in [0, 0.1) is 19.8 Å². The molecule has 0 bridgehead atoms. The summed E-state index contributed by atoms with van der Waals surface area (Å²) in [6.45, 7) is 4.11. The molecule has 0 radical (unpaired) electrons. The van der Waals surface area contributed by atoms with Gasteiger partial charge in [-0.2, -0.15) is 9.29 Å². The van der Waals surface area contributed by atoms with E-state index in [2.05, 4.69) is 25.6 Å². The number of hydrogen-bond acceptors (Lipinski definition) is 9. The molecule has 3 atom stereocenters. The average Bonchev–Trinajstić information content (AvgIpc) is 3.59. The first-order valence-electron chi connectivity index (χ1n) is 12.3. The summed E-state index contributed by atoms with van der Waals surface area (Å²) in [6.07, 6.45) is 7.50. The molecule has 5 rings (SSSR count). The van der Waals surface area contributed by atoms with Crippen LogP contribution in [-0.2, 0) is 14.8 Å². The number of nitrogens with zero attached hydrogens (tertiary/aromatic N) is 5. The Hall–Kier alpha value is -3.12. The zero-order valence-corrected chi connectivity index (χ0v) is 21.2. The Kier molecular flexibility index (Phi) is 6.89. The van der Waals surface area contributed by atoms with Gasteiger partial charge in [0.25, 0.3) is 0 Å². The zero-order valence-electron chi connectivity index (χ0n) is 20.4. The van der Waals surface area contributed by atoms with Gasteiger partial charge in [-0.3, -0.25) is 9.78 Å². The van der Waals surface area contributed by atoms with E-state index < -0.39 is 22.0 Å². The highest BCUT2D eigenvalue weighted by Gasteiger charge is 2.48. The fourth-order valence-corrected chi connectivity index (χ4v) is 7.35. The van der Waals surface area contributed by atoms with E-state index in [1.54, 1.807) is 32.3 Å². The van der Waals surface area contributed by atoms with Crippen LogP contribution in [0.5, 0.6) is 0 Å². The van der Waals surface area contributed by atoms with Gasteiger partial charge in [-0.1, -0.05) is 23.2 Å². The van der Waals surface area contributed by atoms with Crippen LogP contribution >= 0.6 is 0 Å². The molecule has 3 aromatic rings. The van der Waals surface area contributed by atoms with Crippen LogP contribution in [0.25, 0.3) is 11.4 Å². The number of pyridine rings is 1. The quantitative estimate of drug-likeness (QED) is 0.555. The van der Waals surface area contributed by atoms with Gasteiger partial charge < -0.3 is 14.4 Å². The maximum Gasteiger partial charge on any atom is 0.248 e. The monoisotopic (exact) mass is 514 g/mol. The molecule has 12 heteroatoms. The van der Waals surface area contributed by atoms with E-state index in [-0.39, 0.29) is 22.5 Å². The molecule has 1 saturated heterocycles. The third kappa shape index (κ3) is 4.66. The second-order valence-electron chi connectivity index (χ2n) is 9.51. The first-order chi connectivity index (χ1) is 17.4. The molecule has 11 nitrogen and oxygen atoms in total. The lowest BCUT2D eigenvalue weighted by Gasteiger charge is -2.31. The van der Waals surface area contributed by atoms with Crippen molar-refractivity contribution in [1.29, 1.82) is 0 Å². The Bertz CT molecular complexity index is 1300. The van der Waals surface area contributed by atoms with Crippen molar-refractivity contribution >= 4 is 15.9 Å². The van der Waals surface area contributed by atoms with Crippen LogP contribution in [-0.4, -0.2) is 58.0 Å². The summed E-state index contributed by atoms with van der Waals surface area (Å²) < 4.78 is 40.2. The molecule has 0 aromatic carbocycles. The SMILES string of the molecule is Cc1noc(C)c1S(=O)(=O)N1CCCCCCNC(=O)[C@@H]2C[C@@H](c3nc(-c4cccnc4)no3)C[C@@H]21. The van der Waals surface area contributed by atoms with Gasteiger partial charge in [-0.25, -0.2) is 8.42 Å². The van der Waals surface area contributed by atoms with Crippen molar-refractivity contribution in [2.75, 3.05) is 13.1 Å². The molecule has 192 valence electrons. The smallest absolute Gasteiger partial charge is 0.248 e. The number of carbonyl (C=O) groups excluding carboxylic acids is 1. The Labute approximate surface area is 209 Å². The molecule has 1 aliphatic carbocycles. The predicted octanol–water partition coefficient (Wildman–Crippen LogP) is 2.98. The van der Waals surface area contributed by atoms with Gasteiger partial charge in [0.2, 0.25) is 27.6 Å². The van der Waals surface area contributed by atoms with Crippen molar-refractivity contribution in [1.82, 2.24) is 29.9 Å². The predicted molar refractivity (Wildman–Crippen MR) is 128 cm³/mol. The first-order valence-corrected chi connectivity index (χ1v) is 13.8. The normalized spacial score (nSPS) is 24.2. The Balaban J connectivity index is 1.50. The highest BCUT2D eigenvalue weighted by atomic mass is 32.2. The van der Waals surface area contributed by atoms with Crippen molar-refractivity contribution in [2.45, 2.75) is 69.2 Å². The highest BCUT2D eigenvalue weighted by molar-refractivity contribution is 7.89. The average molecular weight is 515 g/mol. The molecule has 1 aliphatic heterocycles. The lowest BCUT2D eigenvalue weighted by Crippen LogP contribution is -2.47.